The molecule has 7 heteroatoms. The summed E-state index contributed by atoms with van der Waals surface area (Å²) in [5.74, 6) is 1.49. The van der Waals surface area contributed by atoms with Gasteiger partial charge in [-0.25, -0.2) is 4.98 Å². The molecule has 2 aromatic rings. The Morgan fingerprint density at radius 1 is 1.38 bits per heavy atom. The molecule has 2 N–H and O–H groups in total. The molecule has 1 fully saturated rings. The van der Waals surface area contributed by atoms with Gasteiger partial charge in [0.2, 0.25) is 5.95 Å². The molecule has 114 valence electrons. The van der Waals surface area contributed by atoms with Crippen molar-refractivity contribution in [2.24, 2.45) is 0 Å². The summed E-state index contributed by atoms with van der Waals surface area (Å²) in [6.07, 6.45) is 1.08. The molecule has 2 aromatic heterocycles. The van der Waals surface area contributed by atoms with E-state index in [-0.39, 0.29) is 6.10 Å². The van der Waals surface area contributed by atoms with E-state index in [0.29, 0.717) is 32.3 Å². The Morgan fingerprint density at radius 2 is 2.29 bits per heavy atom. The zero-order valence-corrected chi connectivity index (χ0v) is 13.1. The van der Waals surface area contributed by atoms with Gasteiger partial charge in [-0.05, 0) is 12.5 Å². The fourth-order valence-corrected chi connectivity index (χ4v) is 3.22. The van der Waals surface area contributed by atoms with Crippen molar-refractivity contribution in [3.05, 3.63) is 10.9 Å². The number of hydrogen-bond acceptors (Lipinski definition) is 7. The van der Waals surface area contributed by atoms with Crippen LogP contribution in [0.1, 0.15) is 11.8 Å². The molecule has 0 spiro atoms. The second-order valence-electron chi connectivity index (χ2n) is 4.88. The molecule has 1 unspecified atom stereocenters. The van der Waals surface area contributed by atoms with E-state index in [0.717, 1.165) is 22.5 Å². The van der Waals surface area contributed by atoms with E-state index in [4.69, 9.17) is 9.47 Å². The second kappa shape index (κ2) is 6.55. The van der Waals surface area contributed by atoms with Gasteiger partial charge in [0.15, 0.2) is 0 Å². The number of fused-ring (bicyclic) bond motifs is 1. The molecule has 1 aliphatic heterocycles. The number of nitrogens with one attached hydrogen (secondary N) is 2. The molecule has 6 nitrogen and oxygen atoms in total. The fraction of sp³-hybridized carbons (Fsp3) is 0.571. The molecule has 1 atom stereocenters. The van der Waals surface area contributed by atoms with Crippen LogP contribution in [0.25, 0.3) is 10.2 Å². The van der Waals surface area contributed by atoms with Crippen LogP contribution in [0.2, 0.25) is 0 Å². The van der Waals surface area contributed by atoms with Gasteiger partial charge in [0.05, 0.1) is 31.3 Å². The van der Waals surface area contributed by atoms with Crippen molar-refractivity contribution in [3.63, 3.8) is 0 Å². The van der Waals surface area contributed by atoms with Crippen molar-refractivity contribution >= 4 is 33.3 Å². The average Bonchev–Trinajstić information content (AvgIpc) is 2.96. The van der Waals surface area contributed by atoms with Crippen LogP contribution in [-0.4, -0.2) is 49.5 Å². The smallest absolute Gasteiger partial charge is 0.225 e. The van der Waals surface area contributed by atoms with Crippen molar-refractivity contribution in [2.75, 3.05) is 44.0 Å². The quantitative estimate of drug-likeness (QED) is 0.882. The third-order valence-electron chi connectivity index (χ3n) is 3.40. The number of rotatable bonds is 5. The lowest BCUT2D eigenvalue weighted by Crippen LogP contribution is -2.34. The highest BCUT2D eigenvalue weighted by Crippen LogP contribution is 2.30. The molecule has 1 aliphatic rings. The molecule has 0 saturated carbocycles. The summed E-state index contributed by atoms with van der Waals surface area (Å²) in [6.45, 7) is 4.81. The molecule has 0 radical (unpaired) electrons. The van der Waals surface area contributed by atoms with Crippen LogP contribution in [0, 0.1) is 0 Å². The molecule has 3 rings (SSSR count). The standard InChI is InChI=1S/C14H20N4O2S/c1-3-10-6-11-12(16-7-9-8-19-4-5-20-9)17-14(15-2)18-13(11)21-10/h6,9H,3-5,7-8H2,1-2H3,(H2,15,16,17,18). The van der Waals surface area contributed by atoms with E-state index >= 15 is 0 Å². The van der Waals surface area contributed by atoms with Gasteiger partial charge >= 0.3 is 0 Å². The van der Waals surface area contributed by atoms with Crippen LogP contribution >= 0.6 is 11.3 Å². The molecule has 0 bridgehead atoms. The molecular formula is C14H20N4O2S. The van der Waals surface area contributed by atoms with Gasteiger partial charge < -0.3 is 20.1 Å². The first-order valence-electron chi connectivity index (χ1n) is 7.21. The molecular weight excluding hydrogens is 288 g/mol. The minimum atomic E-state index is 0.0751. The Hall–Kier alpha value is -1.44. The van der Waals surface area contributed by atoms with Gasteiger partial charge in [-0.1, -0.05) is 6.92 Å². The lowest BCUT2D eigenvalue weighted by atomic mass is 10.3. The predicted molar refractivity (Wildman–Crippen MR) is 85.4 cm³/mol. The molecule has 3 heterocycles. The largest absolute Gasteiger partial charge is 0.376 e. The van der Waals surface area contributed by atoms with Crippen LogP contribution in [-0.2, 0) is 15.9 Å². The summed E-state index contributed by atoms with van der Waals surface area (Å²) in [7, 11) is 1.83. The monoisotopic (exact) mass is 308 g/mol. The Morgan fingerprint density at radius 3 is 3.00 bits per heavy atom. The van der Waals surface area contributed by atoms with Crippen LogP contribution in [0.5, 0.6) is 0 Å². The van der Waals surface area contributed by atoms with E-state index in [1.807, 2.05) is 7.05 Å². The van der Waals surface area contributed by atoms with Crippen molar-refractivity contribution in [3.8, 4) is 0 Å². The van der Waals surface area contributed by atoms with Crippen molar-refractivity contribution in [1.29, 1.82) is 0 Å². The van der Waals surface area contributed by atoms with E-state index in [9.17, 15) is 0 Å². The summed E-state index contributed by atoms with van der Waals surface area (Å²) in [6, 6.07) is 2.17. The molecule has 0 aromatic carbocycles. The minimum Gasteiger partial charge on any atom is -0.376 e. The number of hydrogen-bond donors (Lipinski definition) is 2. The topological polar surface area (TPSA) is 68.3 Å². The van der Waals surface area contributed by atoms with Gasteiger partial charge in [-0.3, -0.25) is 0 Å². The summed E-state index contributed by atoms with van der Waals surface area (Å²) in [5.41, 5.74) is 0. The fourth-order valence-electron chi connectivity index (χ4n) is 2.26. The first-order chi connectivity index (χ1) is 10.3. The average molecular weight is 308 g/mol. The maximum atomic E-state index is 5.65. The lowest BCUT2D eigenvalue weighted by Gasteiger charge is -2.23. The zero-order chi connectivity index (χ0) is 14.7. The number of nitrogens with zero attached hydrogens (tertiary/aromatic N) is 2. The second-order valence-corrected chi connectivity index (χ2v) is 5.99. The number of anilines is 2. The maximum absolute atomic E-state index is 5.65. The van der Waals surface area contributed by atoms with Crippen LogP contribution in [0.15, 0.2) is 6.07 Å². The Bertz CT molecular complexity index is 610. The van der Waals surface area contributed by atoms with Gasteiger partial charge in [0, 0.05) is 18.5 Å². The van der Waals surface area contributed by atoms with Crippen molar-refractivity contribution in [1.82, 2.24) is 9.97 Å². The third kappa shape index (κ3) is 3.25. The van der Waals surface area contributed by atoms with E-state index in [1.54, 1.807) is 11.3 Å². The highest BCUT2D eigenvalue weighted by molar-refractivity contribution is 7.18. The first kappa shape index (κ1) is 14.5. The molecule has 0 aliphatic carbocycles. The maximum Gasteiger partial charge on any atom is 0.225 e. The highest BCUT2D eigenvalue weighted by atomic mass is 32.1. The van der Waals surface area contributed by atoms with Gasteiger partial charge in [0.25, 0.3) is 0 Å². The van der Waals surface area contributed by atoms with Crippen LogP contribution < -0.4 is 10.6 Å². The number of ether oxygens (including phenoxy) is 2. The molecule has 21 heavy (non-hydrogen) atoms. The molecule has 0 amide bonds. The van der Waals surface area contributed by atoms with E-state index in [1.165, 1.54) is 4.88 Å². The zero-order valence-electron chi connectivity index (χ0n) is 12.3. The van der Waals surface area contributed by atoms with E-state index < -0.39 is 0 Å². The van der Waals surface area contributed by atoms with Gasteiger partial charge in [-0.15, -0.1) is 11.3 Å². The summed E-state index contributed by atoms with van der Waals surface area (Å²) >= 11 is 1.72. The Labute approximate surface area is 127 Å². The SMILES string of the molecule is CCc1cc2c(NCC3COCCO3)nc(NC)nc2s1. The van der Waals surface area contributed by atoms with Crippen LogP contribution in [0.3, 0.4) is 0 Å². The Balaban J connectivity index is 1.82. The number of aryl methyl sites for hydroxylation is 1. The van der Waals surface area contributed by atoms with Crippen molar-refractivity contribution in [2.45, 2.75) is 19.4 Å². The highest BCUT2D eigenvalue weighted by Gasteiger charge is 2.16. The normalized spacial score (nSPS) is 18.9. The summed E-state index contributed by atoms with van der Waals surface area (Å²) in [5, 5.41) is 7.47. The predicted octanol–water partition coefficient (Wildman–Crippen LogP) is 2.12. The van der Waals surface area contributed by atoms with Crippen LogP contribution in [0.4, 0.5) is 11.8 Å². The lowest BCUT2D eigenvalue weighted by molar-refractivity contribution is -0.0819. The summed E-state index contributed by atoms with van der Waals surface area (Å²) in [4.78, 5) is 11.4. The Kier molecular flexibility index (Phi) is 4.52. The minimum absolute atomic E-state index is 0.0751. The third-order valence-corrected chi connectivity index (χ3v) is 4.57. The van der Waals surface area contributed by atoms with Gasteiger partial charge in [-0.2, -0.15) is 4.98 Å². The summed E-state index contributed by atoms with van der Waals surface area (Å²) < 4.78 is 11.1. The van der Waals surface area contributed by atoms with Gasteiger partial charge in [0.1, 0.15) is 10.6 Å². The van der Waals surface area contributed by atoms with Crippen molar-refractivity contribution < 1.29 is 9.47 Å². The number of aromatic nitrogens is 2. The molecule has 1 saturated heterocycles. The van der Waals surface area contributed by atoms with E-state index in [2.05, 4.69) is 33.6 Å². The number of thiophene rings is 1. The first-order valence-corrected chi connectivity index (χ1v) is 8.03.